The molecule has 3 nitrogen and oxygen atoms in total. The SMILES string of the molecule is CNCCNC(=O)c1ccc(C2CCCCC2)cc1. The second-order valence-electron chi connectivity index (χ2n) is 5.32. The van der Waals surface area contributed by atoms with Crippen molar-refractivity contribution in [1.82, 2.24) is 10.6 Å². The summed E-state index contributed by atoms with van der Waals surface area (Å²) in [6.45, 7) is 1.46. The van der Waals surface area contributed by atoms with Crippen molar-refractivity contribution in [2.75, 3.05) is 20.1 Å². The normalized spacial score (nSPS) is 16.3. The molecule has 0 aromatic heterocycles. The number of rotatable bonds is 5. The second-order valence-corrected chi connectivity index (χ2v) is 5.32. The first-order valence-corrected chi connectivity index (χ1v) is 7.34. The predicted octanol–water partition coefficient (Wildman–Crippen LogP) is 2.68. The Labute approximate surface area is 115 Å². The van der Waals surface area contributed by atoms with Crippen LogP contribution in [0.15, 0.2) is 24.3 Å². The van der Waals surface area contributed by atoms with Gasteiger partial charge in [0.15, 0.2) is 0 Å². The van der Waals surface area contributed by atoms with E-state index in [4.69, 9.17) is 0 Å². The third-order valence-electron chi connectivity index (χ3n) is 3.91. The molecular formula is C16H24N2O. The highest BCUT2D eigenvalue weighted by molar-refractivity contribution is 5.94. The Balaban J connectivity index is 1.91. The maximum Gasteiger partial charge on any atom is 0.251 e. The van der Waals surface area contributed by atoms with Gasteiger partial charge in [-0.3, -0.25) is 4.79 Å². The van der Waals surface area contributed by atoms with Gasteiger partial charge >= 0.3 is 0 Å². The minimum absolute atomic E-state index is 0.0189. The first kappa shape index (κ1) is 14.1. The van der Waals surface area contributed by atoms with E-state index in [9.17, 15) is 4.79 Å². The van der Waals surface area contributed by atoms with Crippen molar-refractivity contribution in [3.8, 4) is 0 Å². The number of hydrogen-bond donors (Lipinski definition) is 2. The number of hydrogen-bond acceptors (Lipinski definition) is 2. The number of nitrogens with one attached hydrogen (secondary N) is 2. The standard InChI is InChI=1S/C16H24N2O/c1-17-11-12-18-16(19)15-9-7-14(8-10-15)13-5-3-2-4-6-13/h7-10,13,17H,2-6,11-12H2,1H3,(H,18,19). The monoisotopic (exact) mass is 260 g/mol. The lowest BCUT2D eigenvalue weighted by Crippen LogP contribution is -2.30. The minimum atomic E-state index is 0.0189. The van der Waals surface area contributed by atoms with Crippen LogP contribution in [0.3, 0.4) is 0 Å². The molecule has 0 unspecified atom stereocenters. The molecule has 2 rings (SSSR count). The molecule has 0 heterocycles. The van der Waals surface area contributed by atoms with E-state index >= 15 is 0 Å². The zero-order valence-corrected chi connectivity index (χ0v) is 11.7. The zero-order valence-electron chi connectivity index (χ0n) is 11.7. The molecule has 104 valence electrons. The van der Waals surface area contributed by atoms with E-state index in [1.807, 2.05) is 19.2 Å². The van der Waals surface area contributed by atoms with Crippen molar-refractivity contribution in [2.24, 2.45) is 0 Å². The highest BCUT2D eigenvalue weighted by Crippen LogP contribution is 2.32. The molecule has 0 radical (unpaired) electrons. The first-order chi connectivity index (χ1) is 9.31. The van der Waals surface area contributed by atoms with E-state index in [2.05, 4.69) is 22.8 Å². The van der Waals surface area contributed by atoms with Crippen LogP contribution in [0, 0.1) is 0 Å². The summed E-state index contributed by atoms with van der Waals surface area (Å²) in [5.74, 6) is 0.723. The lowest BCUT2D eigenvalue weighted by Gasteiger charge is -2.22. The predicted molar refractivity (Wildman–Crippen MR) is 78.5 cm³/mol. The number of carbonyl (C=O) groups is 1. The summed E-state index contributed by atoms with van der Waals surface area (Å²) in [4.78, 5) is 11.9. The average Bonchev–Trinajstić information content (AvgIpc) is 2.48. The van der Waals surface area contributed by atoms with Crippen LogP contribution in [0.25, 0.3) is 0 Å². The highest BCUT2D eigenvalue weighted by Gasteiger charge is 2.15. The Morgan fingerprint density at radius 3 is 2.42 bits per heavy atom. The summed E-state index contributed by atoms with van der Waals surface area (Å²) in [5.41, 5.74) is 2.15. The molecule has 0 aliphatic heterocycles. The minimum Gasteiger partial charge on any atom is -0.351 e. The van der Waals surface area contributed by atoms with Gasteiger partial charge in [0.1, 0.15) is 0 Å². The third kappa shape index (κ3) is 4.06. The molecule has 1 fully saturated rings. The number of benzene rings is 1. The van der Waals surface area contributed by atoms with Crippen LogP contribution in [0.5, 0.6) is 0 Å². The summed E-state index contributed by atoms with van der Waals surface area (Å²) < 4.78 is 0. The fourth-order valence-electron chi connectivity index (χ4n) is 2.75. The maximum atomic E-state index is 11.9. The van der Waals surface area contributed by atoms with Gasteiger partial charge in [0.25, 0.3) is 5.91 Å². The number of amides is 1. The van der Waals surface area contributed by atoms with Gasteiger partial charge in [-0.2, -0.15) is 0 Å². The Kier molecular flexibility index (Phi) is 5.40. The summed E-state index contributed by atoms with van der Waals surface area (Å²) in [5, 5.41) is 5.91. The van der Waals surface area contributed by atoms with Crippen LogP contribution in [0.1, 0.15) is 53.9 Å². The molecule has 0 atom stereocenters. The molecule has 1 aliphatic carbocycles. The van der Waals surface area contributed by atoms with Crippen molar-refractivity contribution >= 4 is 5.91 Å². The largest absolute Gasteiger partial charge is 0.351 e. The van der Waals surface area contributed by atoms with Gasteiger partial charge in [0, 0.05) is 18.7 Å². The molecule has 0 saturated heterocycles. The Bertz CT molecular complexity index is 394. The fraction of sp³-hybridized carbons (Fsp3) is 0.562. The molecule has 2 N–H and O–H groups in total. The van der Waals surface area contributed by atoms with Crippen molar-refractivity contribution in [2.45, 2.75) is 38.0 Å². The first-order valence-electron chi connectivity index (χ1n) is 7.34. The zero-order chi connectivity index (χ0) is 13.5. The van der Waals surface area contributed by atoms with Crippen molar-refractivity contribution in [3.63, 3.8) is 0 Å². The molecule has 1 amide bonds. The molecule has 1 aromatic carbocycles. The maximum absolute atomic E-state index is 11.9. The topological polar surface area (TPSA) is 41.1 Å². The van der Waals surface area contributed by atoms with E-state index < -0.39 is 0 Å². The molecule has 3 heteroatoms. The van der Waals surface area contributed by atoms with Gasteiger partial charge in [-0.15, -0.1) is 0 Å². The lowest BCUT2D eigenvalue weighted by molar-refractivity contribution is 0.0954. The van der Waals surface area contributed by atoms with Crippen LogP contribution >= 0.6 is 0 Å². The Morgan fingerprint density at radius 1 is 1.11 bits per heavy atom. The van der Waals surface area contributed by atoms with Crippen LogP contribution in [-0.4, -0.2) is 26.0 Å². The molecule has 1 aliphatic rings. The van der Waals surface area contributed by atoms with Gasteiger partial charge in [0.2, 0.25) is 0 Å². The number of likely N-dealkylation sites (N-methyl/N-ethyl adjacent to an activating group) is 1. The van der Waals surface area contributed by atoms with Gasteiger partial charge in [-0.25, -0.2) is 0 Å². The van der Waals surface area contributed by atoms with Crippen LogP contribution in [0.4, 0.5) is 0 Å². The lowest BCUT2D eigenvalue weighted by atomic mass is 9.84. The summed E-state index contributed by atoms with van der Waals surface area (Å²) >= 11 is 0. The Morgan fingerprint density at radius 2 is 1.79 bits per heavy atom. The van der Waals surface area contributed by atoms with E-state index in [0.717, 1.165) is 12.1 Å². The van der Waals surface area contributed by atoms with Crippen LogP contribution in [-0.2, 0) is 0 Å². The molecule has 1 aromatic rings. The van der Waals surface area contributed by atoms with Gasteiger partial charge < -0.3 is 10.6 Å². The quantitative estimate of drug-likeness (QED) is 0.799. The van der Waals surface area contributed by atoms with Gasteiger partial charge in [-0.05, 0) is 43.5 Å². The average molecular weight is 260 g/mol. The van der Waals surface area contributed by atoms with E-state index in [1.165, 1.54) is 37.7 Å². The third-order valence-corrected chi connectivity index (χ3v) is 3.91. The van der Waals surface area contributed by atoms with Gasteiger partial charge in [-0.1, -0.05) is 31.4 Å². The molecular weight excluding hydrogens is 236 g/mol. The molecule has 0 spiro atoms. The van der Waals surface area contributed by atoms with E-state index in [1.54, 1.807) is 0 Å². The molecule has 0 bridgehead atoms. The van der Waals surface area contributed by atoms with Crippen molar-refractivity contribution < 1.29 is 4.79 Å². The summed E-state index contributed by atoms with van der Waals surface area (Å²) in [6, 6.07) is 8.17. The second kappa shape index (κ2) is 7.29. The van der Waals surface area contributed by atoms with Crippen LogP contribution < -0.4 is 10.6 Å². The molecule has 1 saturated carbocycles. The summed E-state index contributed by atoms with van der Waals surface area (Å²) in [7, 11) is 1.88. The summed E-state index contributed by atoms with van der Waals surface area (Å²) in [6.07, 6.45) is 6.66. The molecule has 19 heavy (non-hydrogen) atoms. The highest BCUT2D eigenvalue weighted by atomic mass is 16.1. The Hall–Kier alpha value is -1.35. The van der Waals surface area contributed by atoms with Crippen molar-refractivity contribution in [3.05, 3.63) is 35.4 Å². The number of carbonyl (C=O) groups excluding carboxylic acids is 1. The van der Waals surface area contributed by atoms with Crippen molar-refractivity contribution in [1.29, 1.82) is 0 Å². The van der Waals surface area contributed by atoms with E-state index in [-0.39, 0.29) is 5.91 Å². The fourth-order valence-corrected chi connectivity index (χ4v) is 2.75. The van der Waals surface area contributed by atoms with E-state index in [0.29, 0.717) is 12.5 Å². The van der Waals surface area contributed by atoms with Crippen LogP contribution in [0.2, 0.25) is 0 Å². The smallest absolute Gasteiger partial charge is 0.251 e. The van der Waals surface area contributed by atoms with Gasteiger partial charge in [0.05, 0.1) is 0 Å².